The predicted molar refractivity (Wildman–Crippen MR) is 116 cm³/mol. The summed E-state index contributed by atoms with van der Waals surface area (Å²) in [5, 5.41) is 2.32. The van der Waals surface area contributed by atoms with Crippen molar-refractivity contribution in [2.24, 2.45) is 0 Å². The molecule has 0 fully saturated rings. The number of hydrogen-bond acceptors (Lipinski definition) is 0. The average molecular weight is 349 g/mol. The van der Waals surface area contributed by atoms with E-state index in [1.54, 1.807) is 0 Å². The molecule has 0 atom stereocenters. The van der Waals surface area contributed by atoms with E-state index in [1.165, 1.54) is 27.7 Å². The third-order valence-corrected chi connectivity index (χ3v) is 5.22. The molecule has 27 heavy (non-hydrogen) atoms. The van der Waals surface area contributed by atoms with Gasteiger partial charge in [-0.1, -0.05) is 60.7 Å². The van der Waals surface area contributed by atoms with E-state index < -0.39 is 0 Å². The Kier molecular flexibility index (Phi) is 4.57. The fourth-order valence-corrected chi connectivity index (χ4v) is 3.70. The van der Waals surface area contributed by atoms with E-state index in [4.69, 9.17) is 0 Å². The summed E-state index contributed by atoms with van der Waals surface area (Å²) >= 11 is 0. The Hall–Kier alpha value is -3.24. The summed E-state index contributed by atoms with van der Waals surface area (Å²) in [5.41, 5.74) is 8.63. The van der Waals surface area contributed by atoms with Gasteiger partial charge in [0, 0.05) is 10.9 Å². The molecule has 0 aliphatic heterocycles. The van der Waals surface area contributed by atoms with Crippen LogP contribution >= 0.6 is 0 Å². The molecular weight excluding hydrogens is 326 g/mol. The lowest BCUT2D eigenvalue weighted by atomic mass is 9.86. The summed E-state index contributed by atoms with van der Waals surface area (Å²) in [6, 6.07) is 16.9. The van der Waals surface area contributed by atoms with E-state index in [-0.39, 0.29) is 0 Å². The number of nitrogens with one attached hydrogen (secondary N) is 1. The molecule has 4 rings (SSSR count). The van der Waals surface area contributed by atoms with Gasteiger partial charge in [0.05, 0.1) is 10.9 Å². The molecule has 0 radical (unpaired) electrons. The number of allylic oxidation sites excluding steroid dienone is 9. The Morgan fingerprint density at radius 1 is 1.15 bits per heavy atom. The van der Waals surface area contributed by atoms with Gasteiger partial charge in [-0.05, 0) is 73.2 Å². The monoisotopic (exact) mass is 349 g/mol. The molecule has 1 aliphatic carbocycles. The van der Waals surface area contributed by atoms with Crippen molar-refractivity contribution in [3.63, 3.8) is 0 Å². The van der Waals surface area contributed by atoms with Gasteiger partial charge in [0.1, 0.15) is 0 Å². The van der Waals surface area contributed by atoms with Crippen LogP contribution in [-0.4, -0.2) is 4.98 Å². The van der Waals surface area contributed by atoms with Gasteiger partial charge < -0.3 is 4.98 Å². The zero-order chi connectivity index (χ0) is 18.8. The molecule has 0 unspecified atom stereocenters. The van der Waals surface area contributed by atoms with Crippen LogP contribution in [0.4, 0.5) is 0 Å². The number of benzene rings is 1. The van der Waals surface area contributed by atoms with E-state index in [1.807, 2.05) is 25.1 Å². The summed E-state index contributed by atoms with van der Waals surface area (Å²) < 4.78 is 0. The van der Waals surface area contributed by atoms with Crippen molar-refractivity contribution in [2.45, 2.75) is 26.7 Å². The van der Waals surface area contributed by atoms with Gasteiger partial charge in [-0.15, -0.1) is 0 Å². The number of fused-ring (bicyclic) bond motifs is 3. The molecule has 1 aliphatic rings. The summed E-state index contributed by atoms with van der Waals surface area (Å²) in [6.07, 6.45) is 12.6. The lowest BCUT2D eigenvalue weighted by molar-refractivity contribution is 0.960. The van der Waals surface area contributed by atoms with Gasteiger partial charge in [-0.3, -0.25) is 0 Å². The Morgan fingerprint density at radius 2 is 2.04 bits per heavy atom. The molecule has 1 aromatic heterocycles. The maximum absolute atomic E-state index is 4.27. The highest BCUT2D eigenvalue weighted by molar-refractivity contribution is 6.07. The number of aromatic amines is 1. The van der Waals surface area contributed by atoms with Crippen LogP contribution in [0.1, 0.15) is 32.3 Å². The molecule has 0 saturated carbocycles. The standard InChI is InChI=1S/C26H23N/c1-4-5-6-9-18(2)23-16-20(13-12-19(23)3)21-14-15-26-24(17-21)22-10-7-8-11-25(22)27-26/h4-6,8-9,11,14-17,27H,2,12-13H2,1,3H3/b5-4-,9-6-. The van der Waals surface area contributed by atoms with E-state index in [2.05, 4.69) is 73.1 Å². The fourth-order valence-electron chi connectivity index (χ4n) is 3.70. The molecule has 0 bridgehead atoms. The first-order valence-electron chi connectivity index (χ1n) is 9.40. The molecule has 1 heteroatoms. The number of aromatic nitrogens is 1. The van der Waals surface area contributed by atoms with Crippen LogP contribution in [0.2, 0.25) is 0 Å². The average Bonchev–Trinajstić information content (AvgIpc) is 3.06. The highest BCUT2D eigenvalue weighted by atomic mass is 14.7. The lowest BCUT2D eigenvalue weighted by Crippen LogP contribution is -1.98. The fraction of sp³-hybridized carbons (Fsp3) is 0.154. The third kappa shape index (κ3) is 3.27. The zero-order valence-corrected chi connectivity index (χ0v) is 15.9. The van der Waals surface area contributed by atoms with Crippen LogP contribution in [0.25, 0.3) is 27.4 Å². The van der Waals surface area contributed by atoms with Gasteiger partial charge >= 0.3 is 0 Å². The lowest BCUT2D eigenvalue weighted by Gasteiger charge is -2.19. The normalized spacial score (nSPS) is 15.1. The van der Waals surface area contributed by atoms with Gasteiger partial charge in [-0.2, -0.15) is 0 Å². The van der Waals surface area contributed by atoms with Crippen molar-refractivity contribution in [1.29, 1.82) is 0 Å². The first-order chi connectivity index (χ1) is 13.2. The summed E-state index contributed by atoms with van der Waals surface area (Å²) in [4.78, 5) is 3.46. The molecular formula is C26H23N. The number of hydrogen-bond donors (Lipinski definition) is 1. The molecule has 0 saturated heterocycles. The first-order valence-corrected chi connectivity index (χ1v) is 9.40. The number of H-pyrrole nitrogens is 1. The summed E-state index contributed by atoms with van der Waals surface area (Å²) in [6.45, 7) is 8.51. The minimum atomic E-state index is 1.06. The van der Waals surface area contributed by atoms with Crippen LogP contribution in [0, 0.1) is 12.1 Å². The van der Waals surface area contributed by atoms with Gasteiger partial charge in [0.15, 0.2) is 0 Å². The Bertz CT molecular complexity index is 1150. The molecule has 0 spiro atoms. The molecule has 1 N–H and O–H groups in total. The van der Waals surface area contributed by atoms with Crippen LogP contribution in [0.3, 0.4) is 0 Å². The van der Waals surface area contributed by atoms with E-state index in [0.29, 0.717) is 0 Å². The topological polar surface area (TPSA) is 15.8 Å². The molecule has 132 valence electrons. The van der Waals surface area contributed by atoms with Gasteiger partial charge in [0.25, 0.3) is 0 Å². The maximum Gasteiger partial charge on any atom is 0.0577 e. The largest absolute Gasteiger partial charge is 0.354 e. The second kappa shape index (κ2) is 7.17. The Morgan fingerprint density at radius 3 is 2.89 bits per heavy atom. The summed E-state index contributed by atoms with van der Waals surface area (Å²) in [7, 11) is 0. The van der Waals surface area contributed by atoms with Crippen LogP contribution in [0.15, 0.2) is 84.0 Å². The highest BCUT2D eigenvalue weighted by Crippen LogP contribution is 2.35. The van der Waals surface area contributed by atoms with Crippen LogP contribution < -0.4 is 0 Å². The smallest absolute Gasteiger partial charge is 0.0577 e. The van der Waals surface area contributed by atoms with E-state index in [9.17, 15) is 0 Å². The molecule has 1 heterocycles. The van der Waals surface area contributed by atoms with E-state index in [0.717, 1.165) is 34.8 Å². The van der Waals surface area contributed by atoms with Crippen molar-refractivity contribution < 1.29 is 0 Å². The second-order valence-corrected chi connectivity index (χ2v) is 7.05. The minimum absolute atomic E-state index is 1.06. The molecule has 1 nitrogen and oxygen atoms in total. The zero-order valence-electron chi connectivity index (χ0n) is 15.9. The van der Waals surface area contributed by atoms with Crippen molar-refractivity contribution in [1.82, 2.24) is 4.98 Å². The highest BCUT2D eigenvalue weighted by Gasteiger charge is 2.14. The van der Waals surface area contributed by atoms with Gasteiger partial charge in [0.2, 0.25) is 0 Å². The third-order valence-electron chi connectivity index (χ3n) is 5.22. The van der Waals surface area contributed by atoms with E-state index >= 15 is 0 Å². The molecule has 2 aromatic carbocycles. The van der Waals surface area contributed by atoms with Crippen LogP contribution in [-0.2, 0) is 0 Å². The SMILES string of the molecule is C=C(/C=C\C=C/C)C1=C(C)CCC(c2ccc3[nH]c4ccc#cc4c3c2)=C1. The van der Waals surface area contributed by atoms with Crippen molar-refractivity contribution in [2.75, 3.05) is 0 Å². The van der Waals surface area contributed by atoms with Gasteiger partial charge in [-0.25, -0.2) is 0 Å². The Labute approximate surface area is 161 Å². The predicted octanol–water partition coefficient (Wildman–Crippen LogP) is 7.10. The molecule has 0 amide bonds. The Balaban J connectivity index is 1.75. The number of rotatable bonds is 4. The second-order valence-electron chi connectivity index (χ2n) is 7.05. The first kappa shape index (κ1) is 17.2. The maximum atomic E-state index is 4.27. The van der Waals surface area contributed by atoms with Crippen molar-refractivity contribution >= 4 is 27.4 Å². The molecule has 3 aromatic rings. The van der Waals surface area contributed by atoms with Crippen LogP contribution in [0.5, 0.6) is 0 Å². The van der Waals surface area contributed by atoms with Crippen molar-refractivity contribution in [3.8, 4) is 0 Å². The summed E-state index contributed by atoms with van der Waals surface area (Å²) in [5.74, 6) is 0. The minimum Gasteiger partial charge on any atom is -0.354 e. The quantitative estimate of drug-likeness (QED) is 0.483. The van der Waals surface area contributed by atoms with Crippen molar-refractivity contribution in [3.05, 3.63) is 102 Å².